The third-order valence-electron chi connectivity index (χ3n) is 3.82. The van der Waals surface area contributed by atoms with E-state index < -0.39 is 11.8 Å². The maximum atomic E-state index is 12.8. The predicted octanol–water partition coefficient (Wildman–Crippen LogP) is 2.96. The molecule has 1 aliphatic rings. The predicted molar refractivity (Wildman–Crippen MR) is 83.8 cm³/mol. The van der Waals surface area contributed by atoms with Crippen molar-refractivity contribution in [3.05, 3.63) is 65.5 Å². The van der Waals surface area contributed by atoms with Crippen molar-refractivity contribution in [1.82, 2.24) is 0 Å². The Balaban J connectivity index is 1.64. The normalized spacial score (nSPS) is 13.3. The van der Waals surface area contributed by atoms with E-state index in [-0.39, 0.29) is 18.1 Å². The summed E-state index contributed by atoms with van der Waals surface area (Å²) in [6.07, 6.45) is 1.82. The van der Waals surface area contributed by atoms with Gasteiger partial charge in [0, 0.05) is 12.2 Å². The van der Waals surface area contributed by atoms with E-state index in [1.165, 1.54) is 24.3 Å². The molecule has 0 spiro atoms. The molecule has 3 rings (SSSR count). The molecule has 0 saturated heterocycles. The summed E-state index contributed by atoms with van der Waals surface area (Å²) >= 11 is 0. The van der Waals surface area contributed by atoms with Crippen LogP contribution < -0.4 is 4.90 Å². The first-order valence-corrected chi connectivity index (χ1v) is 7.46. The minimum absolute atomic E-state index is 0.221. The van der Waals surface area contributed by atoms with Crippen molar-refractivity contribution < 1.29 is 18.7 Å². The topological polar surface area (TPSA) is 46.6 Å². The van der Waals surface area contributed by atoms with Gasteiger partial charge in [0.2, 0.25) is 0 Å². The molecule has 0 radical (unpaired) electrons. The Labute approximate surface area is 133 Å². The largest absolute Gasteiger partial charge is 0.452 e. The van der Waals surface area contributed by atoms with Crippen molar-refractivity contribution in [3.8, 4) is 0 Å². The third kappa shape index (κ3) is 3.39. The average molecular weight is 313 g/mol. The lowest BCUT2D eigenvalue weighted by atomic mass is 10.0. The summed E-state index contributed by atoms with van der Waals surface area (Å²) in [5.41, 5.74) is 2.22. The molecule has 2 aromatic rings. The summed E-state index contributed by atoms with van der Waals surface area (Å²) in [6.45, 7) is 0.286. The molecule has 0 aliphatic carbocycles. The Morgan fingerprint density at radius 1 is 1.09 bits per heavy atom. The van der Waals surface area contributed by atoms with Gasteiger partial charge >= 0.3 is 5.97 Å². The number of carbonyl (C=O) groups is 2. The van der Waals surface area contributed by atoms with Gasteiger partial charge in [0.15, 0.2) is 6.61 Å². The lowest BCUT2D eigenvalue weighted by Gasteiger charge is -2.29. The van der Waals surface area contributed by atoms with Gasteiger partial charge in [-0.1, -0.05) is 18.2 Å². The van der Waals surface area contributed by atoms with Crippen LogP contribution in [0.1, 0.15) is 22.3 Å². The molecule has 1 heterocycles. The van der Waals surface area contributed by atoms with E-state index in [0.29, 0.717) is 6.54 Å². The molecule has 118 valence electrons. The molecule has 4 nitrogen and oxygen atoms in total. The van der Waals surface area contributed by atoms with E-state index in [1.54, 1.807) is 4.90 Å². The summed E-state index contributed by atoms with van der Waals surface area (Å²) in [7, 11) is 0. The fourth-order valence-electron chi connectivity index (χ4n) is 2.67. The molecule has 0 fully saturated rings. The van der Waals surface area contributed by atoms with Crippen molar-refractivity contribution in [2.24, 2.45) is 0 Å². The smallest absolute Gasteiger partial charge is 0.338 e. The lowest BCUT2D eigenvalue weighted by Crippen LogP contribution is -2.38. The number of fused-ring (bicyclic) bond motifs is 1. The van der Waals surface area contributed by atoms with Crippen molar-refractivity contribution >= 4 is 17.6 Å². The number of carbonyl (C=O) groups excluding carboxylic acids is 2. The SMILES string of the molecule is O=C(OCC(=O)N1CCCc2ccccc21)c1ccc(F)cc1. The zero-order chi connectivity index (χ0) is 16.2. The number of hydrogen-bond acceptors (Lipinski definition) is 3. The maximum Gasteiger partial charge on any atom is 0.338 e. The van der Waals surface area contributed by atoms with E-state index in [1.807, 2.05) is 24.3 Å². The molecule has 0 unspecified atom stereocenters. The first-order valence-electron chi connectivity index (χ1n) is 7.46. The van der Waals surface area contributed by atoms with Crippen molar-refractivity contribution in [3.63, 3.8) is 0 Å². The van der Waals surface area contributed by atoms with Crippen LogP contribution in [0.3, 0.4) is 0 Å². The lowest BCUT2D eigenvalue weighted by molar-refractivity contribution is -0.121. The minimum Gasteiger partial charge on any atom is -0.452 e. The maximum absolute atomic E-state index is 12.8. The van der Waals surface area contributed by atoms with Crippen LogP contribution >= 0.6 is 0 Å². The van der Waals surface area contributed by atoms with Crippen LogP contribution in [0.4, 0.5) is 10.1 Å². The number of esters is 1. The Kier molecular flexibility index (Phi) is 4.37. The Morgan fingerprint density at radius 3 is 2.61 bits per heavy atom. The minimum atomic E-state index is -0.636. The van der Waals surface area contributed by atoms with Gasteiger partial charge in [0.25, 0.3) is 5.91 Å². The molecule has 0 saturated carbocycles. The number of aryl methyl sites for hydroxylation is 1. The molecular weight excluding hydrogens is 297 g/mol. The van der Waals surface area contributed by atoms with Gasteiger partial charge in [-0.3, -0.25) is 4.79 Å². The van der Waals surface area contributed by atoms with Crippen LogP contribution in [0, 0.1) is 5.82 Å². The molecule has 1 aliphatic heterocycles. The second kappa shape index (κ2) is 6.60. The van der Waals surface area contributed by atoms with Gasteiger partial charge in [-0.15, -0.1) is 0 Å². The number of anilines is 1. The van der Waals surface area contributed by atoms with E-state index in [2.05, 4.69) is 0 Å². The second-order valence-corrected chi connectivity index (χ2v) is 5.36. The van der Waals surface area contributed by atoms with Crippen LogP contribution in [0.15, 0.2) is 48.5 Å². The quantitative estimate of drug-likeness (QED) is 0.819. The zero-order valence-corrected chi connectivity index (χ0v) is 12.5. The van der Waals surface area contributed by atoms with Gasteiger partial charge in [0.05, 0.1) is 5.56 Å². The van der Waals surface area contributed by atoms with Crippen molar-refractivity contribution in [2.75, 3.05) is 18.1 Å². The monoisotopic (exact) mass is 313 g/mol. The molecule has 1 amide bonds. The summed E-state index contributed by atoms with van der Waals surface area (Å²) in [5, 5.41) is 0. The van der Waals surface area contributed by atoms with Gasteiger partial charge in [0.1, 0.15) is 5.82 Å². The van der Waals surface area contributed by atoms with Gasteiger partial charge in [-0.2, -0.15) is 0 Å². The summed E-state index contributed by atoms with van der Waals surface area (Å²) < 4.78 is 17.9. The number of hydrogen-bond donors (Lipinski definition) is 0. The van der Waals surface area contributed by atoms with Gasteiger partial charge in [-0.05, 0) is 48.7 Å². The highest BCUT2D eigenvalue weighted by Gasteiger charge is 2.23. The number of ether oxygens (including phenoxy) is 1. The fraction of sp³-hybridized carbons (Fsp3) is 0.222. The number of rotatable bonds is 3. The molecule has 0 aromatic heterocycles. The van der Waals surface area contributed by atoms with E-state index in [4.69, 9.17) is 4.74 Å². The Bertz CT molecular complexity index is 727. The Hall–Kier alpha value is -2.69. The number of benzene rings is 2. The fourth-order valence-corrected chi connectivity index (χ4v) is 2.67. The Morgan fingerprint density at radius 2 is 1.83 bits per heavy atom. The van der Waals surface area contributed by atoms with Crippen LogP contribution in [0.25, 0.3) is 0 Å². The molecule has 5 heteroatoms. The van der Waals surface area contributed by atoms with Crippen LogP contribution in [-0.2, 0) is 16.0 Å². The summed E-state index contributed by atoms with van der Waals surface area (Å²) in [5.74, 6) is -1.32. The molecule has 2 aromatic carbocycles. The van der Waals surface area contributed by atoms with Crippen LogP contribution in [0.2, 0.25) is 0 Å². The highest BCUT2D eigenvalue weighted by atomic mass is 19.1. The highest BCUT2D eigenvalue weighted by Crippen LogP contribution is 2.26. The van der Waals surface area contributed by atoms with Crippen LogP contribution in [-0.4, -0.2) is 25.0 Å². The number of halogens is 1. The molecule has 0 atom stereocenters. The number of para-hydroxylation sites is 1. The van der Waals surface area contributed by atoms with Gasteiger partial charge < -0.3 is 9.64 Å². The summed E-state index contributed by atoms with van der Waals surface area (Å²) in [4.78, 5) is 25.9. The molecular formula is C18H16FNO3. The van der Waals surface area contributed by atoms with E-state index in [0.717, 1.165) is 24.1 Å². The van der Waals surface area contributed by atoms with Crippen molar-refractivity contribution in [2.45, 2.75) is 12.8 Å². The molecule has 0 N–H and O–H groups in total. The van der Waals surface area contributed by atoms with Crippen molar-refractivity contribution in [1.29, 1.82) is 0 Å². The number of nitrogens with zero attached hydrogens (tertiary/aromatic N) is 1. The highest BCUT2D eigenvalue weighted by molar-refractivity contribution is 5.97. The van der Waals surface area contributed by atoms with E-state index in [9.17, 15) is 14.0 Å². The molecule has 23 heavy (non-hydrogen) atoms. The standard InChI is InChI=1S/C18H16FNO3/c19-15-9-7-14(8-10-15)18(22)23-12-17(21)20-11-3-5-13-4-1-2-6-16(13)20/h1-2,4,6-10H,3,5,11-12H2. The third-order valence-corrected chi connectivity index (χ3v) is 3.82. The second-order valence-electron chi connectivity index (χ2n) is 5.36. The van der Waals surface area contributed by atoms with Crippen LogP contribution in [0.5, 0.6) is 0 Å². The summed E-state index contributed by atoms with van der Waals surface area (Å²) in [6, 6.07) is 12.7. The zero-order valence-electron chi connectivity index (χ0n) is 12.5. The molecule has 0 bridgehead atoms. The van der Waals surface area contributed by atoms with E-state index >= 15 is 0 Å². The first-order chi connectivity index (χ1) is 11.1. The first kappa shape index (κ1) is 15.2. The average Bonchev–Trinajstić information content (AvgIpc) is 2.59. The van der Waals surface area contributed by atoms with Gasteiger partial charge in [-0.25, -0.2) is 9.18 Å². The number of amides is 1.